The van der Waals surface area contributed by atoms with E-state index in [0.717, 1.165) is 11.1 Å². The highest BCUT2D eigenvalue weighted by Gasteiger charge is 2.26. The predicted molar refractivity (Wildman–Crippen MR) is 142 cm³/mol. The number of ether oxygens (including phenoxy) is 1. The first-order chi connectivity index (χ1) is 16.4. The number of rotatable bonds is 8. The number of nitrogens with zero attached hydrogens (tertiary/aromatic N) is 1. The number of anilines is 2. The van der Waals surface area contributed by atoms with E-state index in [4.69, 9.17) is 4.74 Å². The first kappa shape index (κ1) is 26.3. The second-order valence-corrected chi connectivity index (χ2v) is 11.5. The van der Waals surface area contributed by atoms with Crippen molar-refractivity contribution < 1.29 is 17.9 Å². The Kier molecular flexibility index (Phi) is 7.90. The average Bonchev–Trinajstić information content (AvgIpc) is 2.81. The Morgan fingerprint density at radius 3 is 2.09 bits per heavy atom. The number of sulfonamides is 1. The van der Waals surface area contributed by atoms with Crippen molar-refractivity contribution in [1.82, 2.24) is 0 Å². The Labute approximate surface area is 209 Å². The fraction of sp³-hybridized carbons (Fsp3) is 0.321. The van der Waals surface area contributed by atoms with Crippen LogP contribution in [0.4, 0.5) is 11.4 Å². The highest BCUT2D eigenvalue weighted by atomic mass is 32.2. The summed E-state index contributed by atoms with van der Waals surface area (Å²) < 4.78 is 33.7. The van der Waals surface area contributed by atoms with Crippen LogP contribution < -0.4 is 14.4 Å². The van der Waals surface area contributed by atoms with Crippen LogP contribution in [-0.2, 0) is 20.2 Å². The quantitative estimate of drug-likeness (QED) is 0.427. The molecule has 0 radical (unpaired) electrons. The minimum Gasteiger partial charge on any atom is -0.497 e. The van der Waals surface area contributed by atoms with Crippen LogP contribution in [0.15, 0.2) is 71.6 Å². The summed E-state index contributed by atoms with van der Waals surface area (Å²) in [7, 11) is -2.34. The van der Waals surface area contributed by atoms with Crippen molar-refractivity contribution >= 4 is 27.3 Å². The third-order valence-corrected chi connectivity index (χ3v) is 7.83. The lowest BCUT2D eigenvalue weighted by atomic mass is 9.87. The second kappa shape index (κ2) is 10.5. The Hall–Kier alpha value is -3.32. The van der Waals surface area contributed by atoms with Crippen LogP contribution in [0, 0.1) is 13.8 Å². The van der Waals surface area contributed by atoms with Crippen LogP contribution in [0.3, 0.4) is 0 Å². The lowest BCUT2D eigenvalue weighted by Gasteiger charge is -2.25. The molecule has 35 heavy (non-hydrogen) atoms. The van der Waals surface area contributed by atoms with Crippen molar-refractivity contribution in [2.45, 2.75) is 51.3 Å². The molecule has 0 aromatic heterocycles. The molecule has 0 spiro atoms. The van der Waals surface area contributed by atoms with E-state index in [1.54, 1.807) is 49.6 Å². The number of amides is 1. The number of carbonyl (C=O) groups is 1. The van der Waals surface area contributed by atoms with Crippen LogP contribution in [-0.4, -0.2) is 28.0 Å². The number of methoxy groups -OCH3 is 1. The van der Waals surface area contributed by atoms with E-state index >= 15 is 0 Å². The molecule has 1 N–H and O–H groups in total. The molecule has 0 aliphatic rings. The molecule has 186 valence electrons. The smallest absolute Gasteiger partial charge is 0.264 e. The fourth-order valence-corrected chi connectivity index (χ4v) is 5.17. The van der Waals surface area contributed by atoms with Gasteiger partial charge in [0.2, 0.25) is 5.91 Å². The van der Waals surface area contributed by atoms with Crippen molar-refractivity contribution in [3.63, 3.8) is 0 Å². The zero-order valence-electron chi connectivity index (χ0n) is 21.3. The van der Waals surface area contributed by atoms with Crippen molar-refractivity contribution in [3.05, 3.63) is 83.4 Å². The Morgan fingerprint density at radius 1 is 0.914 bits per heavy atom. The van der Waals surface area contributed by atoms with Gasteiger partial charge in [-0.1, -0.05) is 39.0 Å². The maximum Gasteiger partial charge on any atom is 0.264 e. The van der Waals surface area contributed by atoms with Gasteiger partial charge >= 0.3 is 0 Å². The summed E-state index contributed by atoms with van der Waals surface area (Å²) in [5.41, 5.74) is 4.22. The van der Waals surface area contributed by atoms with E-state index in [1.165, 1.54) is 9.87 Å². The highest BCUT2D eigenvalue weighted by Crippen LogP contribution is 2.28. The van der Waals surface area contributed by atoms with Gasteiger partial charge in [-0.25, -0.2) is 8.42 Å². The number of benzene rings is 3. The van der Waals surface area contributed by atoms with Crippen LogP contribution in [0.25, 0.3) is 0 Å². The molecule has 0 heterocycles. The Morgan fingerprint density at radius 2 is 1.54 bits per heavy atom. The van der Waals surface area contributed by atoms with Gasteiger partial charge in [0.15, 0.2) is 0 Å². The van der Waals surface area contributed by atoms with Gasteiger partial charge in [0, 0.05) is 18.7 Å². The van der Waals surface area contributed by atoms with Gasteiger partial charge in [0.1, 0.15) is 5.75 Å². The van der Waals surface area contributed by atoms with Gasteiger partial charge in [-0.2, -0.15) is 0 Å². The molecule has 0 aliphatic carbocycles. The molecule has 0 aliphatic heterocycles. The number of nitrogens with one attached hydrogen (secondary N) is 1. The maximum absolute atomic E-state index is 13.6. The minimum atomic E-state index is -3.89. The van der Waals surface area contributed by atoms with Gasteiger partial charge in [-0.15, -0.1) is 0 Å². The van der Waals surface area contributed by atoms with E-state index in [9.17, 15) is 13.2 Å². The van der Waals surface area contributed by atoms with Gasteiger partial charge in [0.05, 0.1) is 17.7 Å². The number of aryl methyl sites for hydroxylation is 2. The molecule has 0 bridgehead atoms. The van der Waals surface area contributed by atoms with E-state index in [2.05, 4.69) is 26.1 Å². The van der Waals surface area contributed by atoms with Crippen molar-refractivity contribution in [3.8, 4) is 5.75 Å². The highest BCUT2D eigenvalue weighted by molar-refractivity contribution is 7.92. The van der Waals surface area contributed by atoms with Crippen LogP contribution in [0.5, 0.6) is 5.75 Å². The normalized spacial score (nSPS) is 11.7. The molecule has 0 saturated carbocycles. The van der Waals surface area contributed by atoms with Crippen molar-refractivity contribution in [2.75, 3.05) is 23.3 Å². The van der Waals surface area contributed by atoms with Crippen LogP contribution in [0.2, 0.25) is 0 Å². The van der Waals surface area contributed by atoms with E-state index < -0.39 is 10.0 Å². The molecule has 3 aromatic carbocycles. The zero-order valence-corrected chi connectivity index (χ0v) is 22.1. The van der Waals surface area contributed by atoms with Crippen LogP contribution >= 0.6 is 0 Å². The standard InChI is InChI=1S/C28H34N2O4S/c1-20-7-16-26(19-21(20)2)35(32,33)30(24-12-14-25(34-6)15-13-24)18-17-27(31)29-23-10-8-22(9-11-23)28(3,4)5/h7-16,19H,17-18H2,1-6H3,(H,29,31). The molecule has 1 amide bonds. The molecule has 7 heteroatoms. The van der Waals surface area contributed by atoms with E-state index in [-0.39, 0.29) is 29.2 Å². The monoisotopic (exact) mass is 494 g/mol. The molecule has 6 nitrogen and oxygen atoms in total. The van der Waals surface area contributed by atoms with Crippen molar-refractivity contribution in [1.29, 1.82) is 0 Å². The first-order valence-corrected chi connectivity index (χ1v) is 13.0. The summed E-state index contributed by atoms with van der Waals surface area (Å²) >= 11 is 0. The molecular weight excluding hydrogens is 460 g/mol. The number of hydrogen-bond acceptors (Lipinski definition) is 4. The predicted octanol–water partition coefficient (Wildman–Crippen LogP) is 5.83. The largest absolute Gasteiger partial charge is 0.497 e. The second-order valence-electron chi connectivity index (χ2n) is 9.65. The maximum atomic E-state index is 13.6. The fourth-order valence-electron chi connectivity index (χ4n) is 3.62. The Bertz CT molecular complexity index is 1280. The Balaban J connectivity index is 1.82. The van der Waals surface area contributed by atoms with Gasteiger partial charge in [-0.3, -0.25) is 9.10 Å². The third kappa shape index (κ3) is 6.42. The summed E-state index contributed by atoms with van der Waals surface area (Å²) in [6.45, 7) is 10.2. The van der Waals surface area contributed by atoms with Gasteiger partial charge in [0.25, 0.3) is 10.0 Å². The van der Waals surface area contributed by atoms with Crippen molar-refractivity contribution in [2.24, 2.45) is 0 Å². The molecule has 3 aromatic rings. The van der Waals surface area contributed by atoms with Gasteiger partial charge < -0.3 is 10.1 Å². The number of hydrogen-bond donors (Lipinski definition) is 1. The summed E-state index contributed by atoms with van der Waals surface area (Å²) in [4.78, 5) is 12.9. The summed E-state index contributed by atoms with van der Waals surface area (Å²) in [5, 5.41) is 2.87. The van der Waals surface area contributed by atoms with E-state index in [0.29, 0.717) is 17.1 Å². The summed E-state index contributed by atoms with van der Waals surface area (Å²) in [6, 6.07) is 19.5. The molecule has 0 fully saturated rings. The lowest BCUT2D eigenvalue weighted by Crippen LogP contribution is -2.34. The van der Waals surface area contributed by atoms with Gasteiger partial charge in [-0.05, 0) is 84.5 Å². The molecule has 0 saturated heterocycles. The number of carbonyl (C=O) groups excluding carboxylic acids is 1. The lowest BCUT2D eigenvalue weighted by molar-refractivity contribution is -0.116. The minimum absolute atomic E-state index is 0.00285. The van der Waals surface area contributed by atoms with E-state index in [1.807, 2.05) is 38.1 Å². The summed E-state index contributed by atoms with van der Waals surface area (Å²) in [6.07, 6.45) is -0.00285. The zero-order chi connectivity index (χ0) is 25.8. The topological polar surface area (TPSA) is 75.7 Å². The molecular formula is C28H34N2O4S. The third-order valence-electron chi connectivity index (χ3n) is 6.00. The molecule has 3 rings (SSSR count). The molecule has 0 atom stereocenters. The average molecular weight is 495 g/mol. The first-order valence-electron chi connectivity index (χ1n) is 11.6. The molecule has 0 unspecified atom stereocenters. The van der Waals surface area contributed by atoms with Crippen LogP contribution in [0.1, 0.15) is 43.9 Å². The summed E-state index contributed by atoms with van der Waals surface area (Å²) in [5.74, 6) is 0.357. The SMILES string of the molecule is COc1ccc(N(CCC(=O)Nc2ccc(C(C)(C)C)cc2)S(=O)(=O)c2ccc(C)c(C)c2)cc1.